The van der Waals surface area contributed by atoms with Crippen LogP contribution in [0.2, 0.25) is 0 Å². The van der Waals surface area contributed by atoms with Gasteiger partial charge in [0.05, 0.1) is 9.88 Å². The second-order valence-corrected chi connectivity index (χ2v) is 7.73. The topological polar surface area (TPSA) is 75.9 Å². The van der Waals surface area contributed by atoms with Crippen LogP contribution in [0, 0.1) is 6.92 Å². The van der Waals surface area contributed by atoms with Gasteiger partial charge in [0.15, 0.2) is 0 Å². The Labute approximate surface area is 142 Å². The van der Waals surface area contributed by atoms with Gasteiger partial charge in [-0.25, -0.2) is 4.79 Å². The first-order valence-electron chi connectivity index (χ1n) is 7.56. The lowest BCUT2D eigenvalue weighted by Crippen LogP contribution is -2.36. The molecule has 1 aromatic rings. The van der Waals surface area contributed by atoms with E-state index in [-0.39, 0.29) is 12.0 Å². The van der Waals surface area contributed by atoms with E-state index >= 15 is 0 Å². The second-order valence-electron chi connectivity index (χ2n) is 6.64. The van der Waals surface area contributed by atoms with Crippen LogP contribution in [0.5, 0.6) is 0 Å². The number of nitrogen functional groups attached to an aromatic ring is 1. The third-order valence-electron chi connectivity index (χ3n) is 3.17. The standard InChI is InChI=1S/C16H27N3O3S/c1-11-10-12(17)23-13(11)14(20)18(5)8-7-9-19(6)15(21)22-16(2,3)4/h10H,7-9,17H2,1-6H3. The van der Waals surface area contributed by atoms with Gasteiger partial charge in [0.25, 0.3) is 5.91 Å². The highest BCUT2D eigenvalue weighted by atomic mass is 32.1. The number of nitrogens with zero attached hydrogens (tertiary/aromatic N) is 2. The number of thiophene rings is 1. The van der Waals surface area contributed by atoms with Crippen molar-refractivity contribution >= 4 is 28.3 Å². The fourth-order valence-electron chi connectivity index (χ4n) is 1.97. The number of carbonyl (C=O) groups is 2. The number of aryl methyl sites for hydroxylation is 1. The van der Waals surface area contributed by atoms with Gasteiger partial charge in [0.1, 0.15) is 5.60 Å². The number of amides is 2. The molecule has 0 bridgehead atoms. The number of hydrogen-bond acceptors (Lipinski definition) is 5. The summed E-state index contributed by atoms with van der Waals surface area (Å²) in [4.78, 5) is 28.1. The van der Waals surface area contributed by atoms with Gasteiger partial charge in [0.2, 0.25) is 0 Å². The van der Waals surface area contributed by atoms with Crippen molar-refractivity contribution in [3.05, 3.63) is 16.5 Å². The molecule has 1 aromatic heterocycles. The van der Waals surface area contributed by atoms with Gasteiger partial charge in [-0.05, 0) is 45.7 Å². The van der Waals surface area contributed by atoms with Crippen LogP contribution in [0.15, 0.2) is 6.07 Å². The van der Waals surface area contributed by atoms with Gasteiger partial charge >= 0.3 is 6.09 Å². The van der Waals surface area contributed by atoms with E-state index in [9.17, 15) is 9.59 Å². The molecule has 0 aliphatic carbocycles. The van der Waals surface area contributed by atoms with E-state index in [1.54, 1.807) is 19.0 Å². The Bertz CT molecular complexity index is 563. The zero-order valence-electron chi connectivity index (χ0n) is 14.8. The second kappa shape index (κ2) is 7.68. The molecule has 0 aliphatic rings. The smallest absolute Gasteiger partial charge is 0.410 e. The van der Waals surface area contributed by atoms with Crippen LogP contribution in [-0.2, 0) is 4.74 Å². The Morgan fingerprint density at radius 3 is 2.26 bits per heavy atom. The molecular formula is C16H27N3O3S. The van der Waals surface area contributed by atoms with Crippen LogP contribution < -0.4 is 5.73 Å². The van der Waals surface area contributed by atoms with Crippen LogP contribution in [-0.4, -0.2) is 54.6 Å². The highest BCUT2D eigenvalue weighted by Gasteiger charge is 2.20. The first kappa shape index (κ1) is 19.3. The SMILES string of the molecule is Cc1cc(N)sc1C(=O)N(C)CCCN(C)C(=O)OC(C)(C)C. The maximum Gasteiger partial charge on any atom is 0.410 e. The van der Waals surface area contributed by atoms with Crippen LogP contribution in [0.3, 0.4) is 0 Å². The first-order chi connectivity index (χ1) is 10.5. The van der Waals surface area contributed by atoms with E-state index < -0.39 is 5.60 Å². The van der Waals surface area contributed by atoms with Gasteiger partial charge in [-0.1, -0.05) is 0 Å². The van der Waals surface area contributed by atoms with Crippen molar-refractivity contribution < 1.29 is 14.3 Å². The van der Waals surface area contributed by atoms with E-state index in [4.69, 9.17) is 10.5 Å². The molecule has 0 saturated carbocycles. The fraction of sp³-hybridized carbons (Fsp3) is 0.625. The molecule has 0 spiro atoms. The molecule has 0 atom stereocenters. The monoisotopic (exact) mass is 341 g/mol. The quantitative estimate of drug-likeness (QED) is 0.893. The molecule has 1 rings (SSSR count). The van der Waals surface area contributed by atoms with Gasteiger partial charge < -0.3 is 20.3 Å². The normalized spacial score (nSPS) is 11.2. The predicted molar refractivity (Wildman–Crippen MR) is 93.9 cm³/mol. The van der Waals surface area contributed by atoms with Gasteiger partial charge in [-0.3, -0.25) is 4.79 Å². The number of nitrogens with two attached hydrogens (primary N) is 1. The third-order valence-corrected chi connectivity index (χ3v) is 4.22. The van der Waals surface area contributed by atoms with Crippen molar-refractivity contribution in [3.63, 3.8) is 0 Å². The first-order valence-corrected chi connectivity index (χ1v) is 8.38. The molecule has 130 valence electrons. The summed E-state index contributed by atoms with van der Waals surface area (Å²) in [6.45, 7) is 8.46. The molecule has 0 saturated heterocycles. The summed E-state index contributed by atoms with van der Waals surface area (Å²) >= 11 is 1.30. The molecule has 23 heavy (non-hydrogen) atoms. The Balaban J connectivity index is 2.44. The van der Waals surface area contributed by atoms with Crippen molar-refractivity contribution in [2.75, 3.05) is 32.9 Å². The van der Waals surface area contributed by atoms with E-state index in [0.717, 1.165) is 5.56 Å². The van der Waals surface area contributed by atoms with Crippen molar-refractivity contribution in [2.24, 2.45) is 0 Å². The Morgan fingerprint density at radius 2 is 1.78 bits per heavy atom. The molecule has 0 unspecified atom stereocenters. The van der Waals surface area contributed by atoms with Gasteiger partial charge in [-0.15, -0.1) is 11.3 Å². The van der Waals surface area contributed by atoms with Gasteiger partial charge in [-0.2, -0.15) is 0 Å². The van der Waals surface area contributed by atoms with Crippen LogP contribution in [0.1, 0.15) is 42.4 Å². The van der Waals surface area contributed by atoms with Gasteiger partial charge in [0, 0.05) is 27.2 Å². The minimum absolute atomic E-state index is 0.0379. The lowest BCUT2D eigenvalue weighted by Gasteiger charge is -2.25. The number of carbonyl (C=O) groups excluding carboxylic acids is 2. The van der Waals surface area contributed by atoms with Crippen molar-refractivity contribution in [1.82, 2.24) is 9.80 Å². The number of hydrogen-bond donors (Lipinski definition) is 1. The number of anilines is 1. The summed E-state index contributed by atoms with van der Waals surface area (Å²) in [5, 5.41) is 0.643. The lowest BCUT2D eigenvalue weighted by atomic mass is 10.2. The molecule has 0 aliphatic heterocycles. The summed E-state index contributed by atoms with van der Waals surface area (Å²) in [5.74, 6) is -0.0379. The highest BCUT2D eigenvalue weighted by molar-refractivity contribution is 7.17. The molecule has 0 fully saturated rings. The summed E-state index contributed by atoms with van der Waals surface area (Å²) in [5.41, 5.74) is 6.12. The maximum atomic E-state index is 12.4. The zero-order valence-corrected chi connectivity index (χ0v) is 15.6. The molecule has 0 aromatic carbocycles. The molecule has 2 amide bonds. The molecule has 1 heterocycles. The van der Waals surface area contributed by atoms with E-state index in [0.29, 0.717) is 29.4 Å². The number of ether oxygens (including phenoxy) is 1. The molecule has 7 heteroatoms. The molecular weight excluding hydrogens is 314 g/mol. The summed E-state index contributed by atoms with van der Waals surface area (Å²) < 4.78 is 5.29. The lowest BCUT2D eigenvalue weighted by molar-refractivity contribution is 0.0294. The van der Waals surface area contributed by atoms with E-state index in [1.165, 1.54) is 16.2 Å². The fourth-order valence-corrected chi connectivity index (χ4v) is 2.90. The largest absolute Gasteiger partial charge is 0.444 e. The van der Waals surface area contributed by atoms with Crippen molar-refractivity contribution in [3.8, 4) is 0 Å². The van der Waals surface area contributed by atoms with E-state index in [1.807, 2.05) is 33.8 Å². The minimum Gasteiger partial charge on any atom is -0.444 e. The molecule has 0 radical (unpaired) electrons. The average Bonchev–Trinajstić information content (AvgIpc) is 2.74. The number of rotatable bonds is 5. The average molecular weight is 341 g/mol. The van der Waals surface area contributed by atoms with Crippen molar-refractivity contribution in [2.45, 2.75) is 39.7 Å². The van der Waals surface area contributed by atoms with E-state index in [2.05, 4.69) is 0 Å². The van der Waals surface area contributed by atoms with Crippen molar-refractivity contribution in [1.29, 1.82) is 0 Å². The highest BCUT2D eigenvalue weighted by Crippen LogP contribution is 2.24. The predicted octanol–water partition coefficient (Wildman–Crippen LogP) is 2.97. The summed E-state index contributed by atoms with van der Waals surface area (Å²) in [6.07, 6.45) is 0.325. The molecule has 6 nitrogen and oxygen atoms in total. The van der Waals surface area contributed by atoms with Crippen LogP contribution in [0.4, 0.5) is 9.80 Å². The summed E-state index contributed by atoms with van der Waals surface area (Å²) in [7, 11) is 3.45. The van der Waals surface area contributed by atoms with Crippen LogP contribution in [0.25, 0.3) is 0 Å². The Hall–Kier alpha value is -1.76. The Kier molecular flexibility index (Phi) is 6.44. The Morgan fingerprint density at radius 1 is 1.22 bits per heavy atom. The van der Waals surface area contributed by atoms with Crippen LogP contribution >= 0.6 is 11.3 Å². The summed E-state index contributed by atoms with van der Waals surface area (Å²) in [6, 6.07) is 1.81. The zero-order chi connectivity index (χ0) is 17.8. The molecule has 2 N–H and O–H groups in total. The minimum atomic E-state index is -0.505. The maximum absolute atomic E-state index is 12.4. The third kappa shape index (κ3) is 6.09.